The molecule has 2 unspecified atom stereocenters. The van der Waals surface area contributed by atoms with Crippen LogP contribution in [0.1, 0.15) is 39.0 Å². The molecule has 1 saturated carbocycles. The Bertz CT molecular complexity index is 200. The van der Waals surface area contributed by atoms with E-state index >= 15 is 0 Å². The number of aliphatic hydroxyl groups is 2. The Kier molecular flexibility index (Phi) is 3.65. The van der Waals surface area contributed by atoms with Gasteiger partial charge in [0.1, 0.15) is 0 Å². The number of β-amino-alcohol motifs (C(OH)–C–C–N with tert-alkyl or cyclic N) is 2. The highest BCUT2D eigenvalue weighted by molar-refractivity contribution is 4.91. The lowest BCUT2D eigenvalue weighted by molar-refractivity contribution is 0.0572. The second kappa shape index (κ2) is 4.81. The molecule has 0 spiro atoms. The molecule has 4 atom stereocenters. The Morgan fingerprint density at radius 1 is 1.07 bits per heavy atom. The molecule has 0 aromatic heterocycles. The molecule has 0 bridgehead atoms. The zero-order valence-corrected chi connectivity index (χ0v) is 9.60. The van der Waals surface area contributed by atoms with Crippen LogP contribution in [-0.2, 0) is 0 Å². The first-order valence-electron chi connectivity index (χ1n) is 6.32. The van der Waals surface area contributed by atoms with E-state index in [0.717, 1.165) is 5.92 Å². The van der Waals surface area contributed by atoms with Crippen LogP contribution in [0, 0.1) is 5.92 Å². The van der Waals surface area contributed by atoms with Crippen LogP contribution >= 0.6 is 0 Å². The summed E-state index contributed by atoms with van der Waals surface area (Å²) in [5, 5.41) is 19.1. The van der Waals surface area contributed by atoms with Gasteiger partial charge >= 0.3 is 0 Å². The van der Waals surface area contributed by atoms with E-state index in [0.29, 0.717) is 19.1 Å². The van der Waals surface area contributed by atoms with Gasteiger partial charge in [0.2, 0.25) is 0 Å². The summed E-state index contributed by atoms with van der Waals surface area (Å²) in [6.45, 7) is 3.59. The molecule has 2 aliphatic rings. The smallest absolute Gasteiger partial charge is 0.0938 e. The van der Waals surface area contributed by atoms with Gasteiger partial charge < -0.3 is 10.2 Å². The lowest BCUT2D eigenvalue weighted by Crippen LogP contribution is -2.41. The summed E-state index contributed by atoms with van der Waals surface area (Å²) in [6.07, 6.45) is 5.42. The number of hydrogen-bond acceptors (Lipinski definition) is 3. The lowest BCUT2D eigenvalue weighted by atomic mass is 9.82. The van der Waals surface area contributed by atoms with Gasteiger partial charge in [-0.15, -0.1) is 0 Å². The van der Waals surface area contributed by atoms with Crippen LogP contribution in [0.15, 0.2) is 0 Å². The highest BCUT2D eigenvalue weighted by Crippen LogP contribution is 2.32. The summed E-state index contributed by atoms with van der Waals surface area (Å²) in [6, 6.07) is 0.607. The van der Waals surface area contributed by atoms with Crippen molar-refractivity contribution in [3.8, 4) is 0 Å². The molecule has 2 N–H and O–H groups in total. The van der Waals surface area contributed by atoms with Crippen LogP contribution in [0.25, 0.3) is 0 Å². The molecule has 2 rings (SSSR count). The molecule has 0 amide bonds. The molecule has 0 aromatic rings. The zero-order valence-electron chi connectivity index (χ0n) is 9.60. The minimum absolute atomic E-state index is 0.524. The molecule has 3 nitrogen and oxygen atoms in total. The van der Waals surface area contributed by atoms with Crippen molar-refractivity contribution in [2.45, 2.75) is 57.3 Å². The number of hydrogen-bond donors (Lipinski definition) is 2. The Labute approximate surface area is 92.1 Å². The maximum absolute atomic E-state index is 9.57. The van der Waals surface area contributed by atoms with E-state index in [9.17, 15) is 10.2 Å². The van der Waals surface area contributed by atoms with E-state index in [2.05, 4.69) is 11.8 Å². The van der Waals surface area contributed by atoms with Crippen molar-refractivity contribution in [1.29, 1.82) is 0 Å². The minimum atomic E-state index is -0.524. The first-order chi connectivity index (χ1) is 7.22. The summed E-state index contributed by atoms with van der Waals surface area (Å²) >= 11 is 0. The van der Waals surface area contributed by atoms with Gasteiger partial charge in [0.25, 0.3) is 0 Å². The molecule has 2 fully saturated rings. The van der Waals surface area contributed by atoms with Gasteiger partial charge in [0.15, 0.2) is 0 Å². The second-order valence-corrected chi connectivity index (χ2v) is 5.11. The van der Waals surface area contributed by atoms with E-state index in [4.69, 9.17) is 0 Å². The maximum atomic E-state index is 9.57. The van der Waals surface area contributed by atoms with Gasteiger partial charge in [0.05, 0.1) is 12.2 Å². The molecule has 1 saturated heterocycles. The summed E-state index contributed by atoms with van der Waals surface area (Å²) in [5.74, 6) is 0.774. The van der Waals surface area contributed by atoms with Crippen molar-refractivity contribution < 1.29 is 10.2 Å². The fourth-order valence-electron chi connectivity index (χ4n) is 3.21. The SMILES string of the molecule is CCC1CCCCC1N1C[C@@H](O)[C@@H](O)C1. The summed E-state index contributed by atoms with van der Waals surface area (Å²) < 4.78 is 0. The van der Waals surface area contributed by atoms with Crippen molar-refractivity contribution in [2.24, 2.45) is 5.92 Å². The van der Waals surface area contributed by atoms with Crippen LogP contribution in [-0.4, -0.2) is 46.5 Å². The number of aliphatic hydroxyl groups excluding tert-OH is 2. The third-order valence-electron chi connectivity index (χ3n) is 4.15. The van der Waals surface area contributed by atoms with E-state index < -0.39 is 12.2 Å². The third-order valence-corrected chi connectivity index (χ3v) is 4.15. The summed E-state index contributed by atoms with van der Waals surface area (Å²) in [7, 11) is 0. The minimum Gasteiger partial charge on any atom is -0.389 e. The second-order valence-electron chi connectivity index (χ2n) is 5.11. The number of likely N-dealkylation sites (tertiary alicyclic amines) is 1. The molecule has 88 valence electrons. The van der Waals surface area contributed by atoms with Gasteiger partial charge in [-0.2, -0.15) is 0 Å². The van der Waals surface area contributed by atoms with Crippen LogP contribution < -0.4 is 0 Å². The average molecular weight is 213 g/mol. The molecule has 0 aromatic carbocycles. The van der Waals surface area contributed by atoms with E-state index in [-0.39, 0.29) is 0 Å². The normalized spacial score (nSPS) is 43.4. The summed E-state index contributed by atoms with van der Waals surface area (Å²) in [4.78, 5) is 2.31. The average Bonchev–Trinajstić information content (AvgIpc) is 2.59. The Hall–Kier alpha value is -0.120. The fourth-order valence-corrected chi connectivity index (χ4v) is 3.21. The topological polar surface area (TPSA) is 43.7 Å². The molecule has 1 aliphatic carbocycles. The first kappa shape index (κ1) is 11.4. The van der Waals surface area contributed by atoms with Crippen molar-refractivity contribution in [1.82, 2.24) is 4.90 Å². The standard InChI is InChI=1S/C12H23NO2/c1-2-9-5-3-4-6-10(9)13-7-11(14)12(15)8-13/h9-12,14-15H,2-8H2,1H3/t9?,10?,11-,12+. The van der Waals surface area contributed by atoms with Crippen LogP contribution in [0.5, 0.6) is 0 Å². The van der Waals surface area contributed by atoms with Crippen molar-refractivity contribution >= 4 is 0 Å². The number of rotatable bonds is 2. The first-order valence-corrected chi connectivity index (χ1v) is 6.32. The van der Waals surface area contributed by atoms with Crippen LogP contribution in [0.3, 0.4) is 0 Å². The Balaban J connectivity index is 1.96. The zero-order chi connectivity index (χ0) is 10.8. The highest BCUT2D eigenvalue weighted by Gasteiger charge is 2.37. The molecule has 3 heteroatoms. The highest BCUT2D eigenvalue weighted by atomic mass is 16.3. The Morgan fingerprint density at radius 2 is 1.67 bits per heavy atom. The van der Waals surface area contributed by atoms with Crippen LogP contribution in [0.4, 0.5) is 0 Å². The summed E-state index contributed by atoms with van der Waals surface area (Å²) in [5.41, 5.74) is 0. The van der Waals surface area contributed by atoms with Crippen molar-refractivity contribution in [3.05, 3.63) is 0 Å². The van der Waals surface area contributed by atoms with Gasteiger partial charge in [-0.1, -0.05) is 26.2 Å². The molecular formula is C12H23NO2. The van der Waals surface area contributed by atoms with Gasteiger partial charge in [-0.25, -0.2) is 0 Å². The van der Waals surface area contributed by atoms with E-state index in [1.807, 2.05) is 0 Å². The largest absolute Gasteiger partial charge is 0.389 e. The molecule has 0 radical (unpaired) electrons. The molecule has 1 aliphatic heterocycles. The van der Waals surface area contributed by atoms with Crippen molar-refractivity contribution in [2.75, 3.05) is 13.1 Å². The van der Waals surface area contributed by atoms with E-state index in [1.54, 1.807) is 0 Å². The van der Waals surface area contributed by atoms with Crippen LogP contribution in [0.2, 0.25) is 0 Å². The van der Waals surface area contributed by atoms with Gasteiger partial charge in [0, 0.05) is 19.1 Å². The fraction of sp³-hybridized carbons (Fsp3) is 1.00. The van der Waals surface area contributed by atoms with Crippen molar-refractivity contribution in [3.63, 3.8) is 0 Å². The monoisotopic (exact) mass is 213 g/mol. The quantitative estimate of drug-likeness (QED) is 0.719. The lowest BCUT2D eigenvalue weighted by Gasteiger charge is -2.37. The van der Waals surface area contributed by atoms with Gasteiger partial charge in [-0.3, -0.25) is 4.90 Å². The molecule has 1 heterocycles. The van der Waals surface area contributed by atoms with Gasteiger partial charge in [-0.05, 0) is 18.8 Å². The van der Waals surface area contributed by atoms with E-state index in [1.165, 1.54) is 32.1 Å². The maximum Gasteiger partial charge on any atom is 0.0938 e. The molecular weight excluding hydrogens is 190 g/mol. The molecule has 15 heavy (non-hydrogen) atoms. The predicted molar refractivity (Wildman–Crippen MR) is 59.6 cm³/mol. The third kappa shape index (κ3) is 2.35. The Morgan fingerprint density at radius 3 is 2.27 bits per heavy atom. The predicted octanol–water partition coefficient (Wildman–Crippen LogP) is 0.993. The number of nitrogens with zero attached hydrogens (tertiary/aromatic N) is 1.